The van der Waals surface area contributed by atoms with Gasteiger partial charge in [0, 0.05) is 30.0 Å². The molecular weight excluding hydrogens is 252 g/mol. The van der Waals surface area contributed by atoms with Gasteiger partial charge in [-0.2, -0.15) is 0 Å². The summed E-state index contributed by atoms with van der Waals surface area (Å²) in [6.45, 7) is 3.13. The van der Waals surface area contributed by atoms with Gasteiger partial charge in [0.15, 0.2) is 0 Å². The predicted octanol–water partition coefficient (Wildman–Crippen LogP) is 1.50. The second-order valence-electron chi connectivity index (χ2n) is 5.22. The molecule has 2 heterocycles. The minimum Gasteiger partial charge on any atom is -0.348 e. The summed E-state index contributed by atoms with van der Waals surface area (Å²) in [5, 5.41) is 6.48. The van der Waals surface area contributed by atoms with Gasteiger partial charge in [0.2, 0.25) is 0 Å². The molecule has 1 amide bonds. The lowest BCUT2D eigenvalue weighted by Crippen LogP contribution is -2.51. The Morgan fingerprint density at radius 3 is 2.90 bits per heavy atom. The van der Waals surface area contributed by atoms with Crippen LogP contribution < -0.4 is 10.6 Å². The van der Waals surface area contributed by atoms with Crippen LogP contribution in [0.25, 0.3) is 11.0 Å². The quantitative estimate of drug-likeness (QED) is 0.868. The lowest BCUT2D eigenvalue weighted by molar-refractivity contribution is 0.0920. The number of carbonyl (C=O) groups is 1. The Balaban J connectivity index is 1.78. The Hall–Kier alpha value is -2.01. The summed E-state index contributed by atoms with van der Waals surface area (Å²) in [5.41, 5.74) is 2.18. The average Bonchev–Trinajstić information content (AvgIpc) is 2.49. The number of aromatic nitrogens is 2. The van der Waals surface area contributed by atoms with Gasteiger partial charge in [-0.15, -0.1) is 0 Å². The fourth-order valence-corrected chi connectivity index (χ4v) is 2.60. The zero-order chi connectivity index (χ0) is 13.9. The number of carbonyl (C=O) groups excluding carboxylic acids is 1. The van der Waals surface area contributed by atoms with Crippen molar-refractivity contribution in [1.82, 2.24) is 20.6 Å². The molecule has 1 aliphatic heterocycles. The van der Waals surface area contributed by atoms with E-state index in [9.17, 15) is 4.79 Å². The van der Waals surface area contributed by atoms with Crippen molar-refractivity contribution >= 4 is 16.9 Å². The van der Waals surface area contributed by atoms with Crippen molar-refractivity contribution < 1.29 is 4.79 Å². The fraction of sp³-hybridized carbons (Fsp3) is 0.400. The van der Waals surface area contributed by atoms with Gasteiger partial charge in [-0.1, -0.05) is 0 Å². The van der Waals surface area contributed by atoms with Gasteiger partial charge < -0.3 is 10.6 Å². The van der Waals surface area contributed by atoms with Gasteiger partial charge in [-0.05, 0) is 44.5 Å². The van der Waals surface area contributed by atoms with Crippen LogP contribution in [0.5, 0.6) is 0 Å². The van der Waals surface area contributed by atoms with Crippen molar-refractivity contribution in [2.24, 2.45) is 0 Å². The van der Waals surface area contributed by atoms with Crippen LogP contribution >= 0.6 is 0 Å². The molecule has 0 radical (unpaired) electrons. The van der Waals surface area contributed by atoms with Crippen LogP contribution in [0.1, 0.15) is 30.1 Å². The summed E-state index contributed by atoms with van der Waals surface area (Å²) < 4.78 is 0. The topological polar surface area (TPSA) is 66.9 Å². The summed E-state index contributed by atoms with van der Waals surface area (Å²) in [5.74, 6) is -0.0434. The second kappa shape index (κ2) is 5.54. The van der Waals surface area contributed by atoms with Crippen LogP contribution in [-0.2, 0) is 0 Å². The third-order valence-corrected chi connectivity index (χ3v) is 3.81. The first-order chi connectivity index (χ1) is 9.74. The van der Waals surface area contributed by atoms with Crippen molar-refractivity contribution in [2.45, 2.75) is 31.8 Å². The van der Waals surface area contributed by atoms with Crippen LogP contribution in [0.4, 0.5) is 0 Å². The summed E-state index contributed by atoms with van der Waals surface area (Å²) in [6, 6.07) is 5.92. The van der Waals surface area contributed by atoms with E-state index in [1.165, 1.54) is 0 Å². The molecule has 5 nitrogen and oxygen atoms in total. The highest BCUT2D eigenvalue weighted by Crippen LogP contribution is 2.13. The van der Waals surface area contributed by atoms with Crippen LogP contribution in [-0.4, -0.2) is 34.5 Å². The molecule has 1 aliphatic rings. The smallest absolute Gasteiger partial charge is 0.251 e. The number of amides is 1. The molecule has 2 aromatic rings. The van der Waals surface area contributed by atoms with E-state index < -0.39 is 0 Å². The molecule has 1 aromatic carbocycles. The van der Waals surface area contributed by atoms with E-state index in [1.54, 1.807) is 24.5 Å². The Morgan fingerprint density at radius 1 is 1.30 bits per heavy atom. The van der Waals surface area contributed by atoms with Gasteiger partial charge in [-0.25, -0.2) is 0 Å². The van der Waals surface area contributed by atoms with E-state index in [0.717, 1.165) is 30.4 Å². The normalized spacial score (nSPS) is 22.6. The van der Waals surface area contributed by atoms with E-state index in [4.69, 9.17) is 0 Å². The lowest BCUT2D eigenvalue weighted by Gasteiger charge is -2.30. The molecule has 0 bridgehead atoms. The minimum atomic E-state index is -0.0434. The van der Waals surface area contributed by atoms with Gasteiger partial charge >= 0.3 is 0 Å². The highest BCUT2D eigenvalue weighted by Gasteiger charge is 2.22. The maximum atomic E-state index is 12.3. The molecule has 104 valence electrons. The van der Waals surface area contributed by atoms with Gasteiger partial charge in [-0.3, -0.25) is 14.8 Å². The summed E-state index contributed by atoms with van der Waals surface area (Å²) in [7, 11) is 0. The van der Waals surface area contributed by atoms with E-state index >= 15 is 0 Å². The number of fused-ring (bicyclic) bond motifs is 1. The standard InChI is InChI=1S/C15H18N4O/c1-10-12(3-2-6-16-10)19-15(20)11-4-5-13-14(9-11)18-8-7-17-13/h4-5,7-10,12,16H,2-3,6H2,1H3,(H,19,20). The summed E-state index contributed by atoms with van der Waals surface area (Å²) >= 11 is 0. The number of hydrogen-bond donors (Lipinski definition) is 2. The number of rotatable bonds is 2. The van der Waals surface area contributed by atoms with Crippen molar-refractivity contribution in [3.05, 3.63) is 36.2 Å². The van der Waals surface area contributed by atoms with Gasteiger partial charge in [0.1, 0.15) is 0 Å². The Labute approximate surface area is 117 Å². The number of hydrogen-bond acceptors (Lipinski definition) is 4. The molecule has 5 heteroatoms. The summed E-state index contributed by atoms with van der Waals surface area (Å²) in [6.07, 6.45) is 5.40. The van der Waals surface area contributed by atoms with Crippen LogP contribution in [0.15, 0.2) is 30.6 Å². The molecule has 0 spiro atoms. The molecule has 3 rings (SSSR count). The van der Waals surface area contributed by atoms with E-state index in [0.29, 0.717) is 11.6 Å². The first kappa shape index (κ1) is 13.0. The molecule has 1 saturated heterocycles. The molecule has 1 aromatic heterocycles. The third-order valence-electron chi connectivity index (χ3n) is 3.81. The SMILES string of the molecule is CC1NCCCC1NC(=O)c1ccc2nccnc2c1. The molecule has 1 fully saturated rings. The van der Waals surface area contributed by atoms with Gasteiger partial charge in [0.25, 0.3) is 5.91 Å². The van der Waals surface area contributed by atoms with E-state index in [2.05, 4.69) is 27.5 Å². The molecule has 2 atom stereocenters. The van der Waals surface area contributed by atoms with E-state index in [1.807, 2.05) is 6.07 Å². The van der Waals surface area contributed by atoms with Crippen LogP contribution in [0.2, 0.25) is 0 Å². The maximum absolute atomic E-state index is 12.3. The van der Waals surface area contributed by atoms with Crippen LogP contribution in [0, 0.1) is 0 Å². The Bertz CT molecular complexity index is 628. The predicted molar refractivity (Wildman–Crippen MR) is 77.5 cm³/mol. The lowest BCUT2D eigenvalue weighted by atomic mass is 9.99. The third kappa shape index (κ3) is 2.63. The van der Waals surface area contributed by atoms with Crippen LogP contribution in [0.3, 0.4) is 0 Å². The zero-order valence-corrected chi connectivity index (χ0v) is 11.5. The Kier molecular flexibility index (Phi) is 3.60. The second-order valence-corrected chi connectivity index (χ2v) is 5.22. The first-order valence-electron chi connectivity index (χ1n) is 6.99. The number of nitrogens with zero attached hydrogens (tertiary/aromatic N) is 2. The molecule has 0 saturated carbocycles. The molecule has 2 unspecified atom stereocenters. The molecule has 20 heavy (non-hydrogen) atoms. The number of benzene rings is 1. The molecular formula is C15H18N4O. The number of nitrogens with one attached hydrogen (secondary N) is 2. The van der Waals surface area contributed by atoms with Crippen molar-refractivity contribution in [1.29, 1.82) is 0 Å². The first-order valence-corrected chi connectivity index (χ1v) is 6.99. The molecule has 0 aliphatic carbocycles. The maximum Gasteiger partial charge on any atom is 0.251 e. The minimum absolute atomic E-state index is 0.0434. The van der Waals surface area contributed by atoms with E-state index in [-0.39, 0.29) is 11.9 Å². The van der Waals surface area contributed by atoms with Crippen molar-refractivity contribution in [2.75, 3.05) is 6.54 Å². The number of piperidine rings is 1. The van der Waals surface area contributed by atoms with Crippen molar-refractivity contribution in [3.63, 3.8) is 0 Å². The van der Waals surface area contributed by atoms with Gasteiger partial charge in [0.05, 0.1) is 11.0 Å². The summed E-state index contributed by atoms with van der Waals surface area (Å²) in [4.78, 5) is 20.8. The fourth-order valence-electron chi connectivity index (χ4n) is 2.60. The monoisotopic (exact) mass is 270 g/mol. The average molecular weight is 270 g/mol. The molecule has 2 N–H and O–H groups in total. The highest BCUT2D eigenvalue weighted by molar-refractivity contribution is 5.97. The Morgan fingerprint density at radius 2 is 2.10 bits per heavy atom. The van der Waals surface area contributed by atoms with Crippen molar-refractivity contribution in [3.8, 4) is 0 Å². The highest BCUT2D eigenvalue weighted by atomic mass is 16.1. The zero-order valence-electron chi connectivity index (χ0n) is 11.5. The largest absolute Gasteiger partial charge is 0.348 e.